The maximum atomic E-state index is 13.4. The van der Waals surface area contributed by atoms with Crippen LogP contribution in [0, 0.1) is 13.8 Å². The molecule has 0 aliphatic heterocycles. The molecule has 1 N–H and O–H groups in total. The Kier molecular flexibility index (Phi) is 5.43. The van der Waals surface area contributed by atoms with Gasteiger partial charge in [-0.3, -0.25) is 14.0 Å². The van der Waals surface area contributed by atoms with E-state index < -0.39 is 0 Å². The van der Waals surface area contributed by atoms with Crippen LogP contribution >= 0.6 is 11.8 Å². The van der Waals surface area contributed by atoms with Crippen molar-refractivity contribution in [1.82, 2.24) is 19.2 Å². The molecule has 0 aliphatic carbocycles. The van der Waals surface area contributed by atoms with Gasteiger partial charge in [-0.25, -0.2) is 4.57 Å². The van der Waals surface area contributed by atoms with Crippen molar-refractivity contribution in [3.63, 3.8) is 0 Å². The minimum absolute atomic E-state index is 0.136. The fourth-order valence-corrected chi connectivity index (χ4v) is 4.57. The van der Waals surface area contributed by atoms with E-state index in [1.54, 1.807) is 10.6 Å². The molecule has 5 rings (SSSR count). The summed E-state index contributed by atoms with van der Waals surface area (Å²) in [7, 11) is 0. The summed E-state index contributed by atoms with van der Waals surface area (Å²) in [5.41, 5.74) is 4.03. The third-order valence-corrected chi connectivity index (χ3v) is 6.43. The maximum Gasteiger partial charge on any atom is 0.267 e. The van der Waals surface area contributed by atoms with E-state index in [0.29, 0.717) is 21.8 Å². The average molecular weight is 456 g/mol. The van der Waals surface area contributed by atoms with Gasteiger partial charge in [0.05, 0.1) is 22.3 Å². The number of benzene rings is 3. The third kappa shape index (κ3) is 3.78. The molecule has 2 heterocycles. The first-order valence-corrected chi connectivity index (χ1v) is 11.5. The van der Waals surface area contributed by atoms with Gasteiger partial charge in [-0.2, -0.15) is 0 Å². The number of hydrogen-bond acceptors (Lipinski definition) is 5. The number of fused-ring (bicyclic) bond motifs is 3. The van der Waals surface area contributed by atoms with Crippen LogP contribution in [0.4, 0.5) is 5.69 Å². The van der Waals surface area contributed by atoms with Crippen molar-refractivity contribution in [2.45, 2.75) is 19.0 Å². The summed E-state index contributed by atoms with van der Waals surface area (Å²) in [5.74, 6) is 0.435. The van der Waals surface area contributed by atoms with Gasteiger partial charge in [0.1, 0.15) is 0 Å². The van der Waals surface area contributed by atoms with Gasteiger partial charge in [-0.15, -0.1) is 10.2 Å². The van der Waals surface area contributed by atoms with Crippen LogP contribution in [0.25, 0.3) is 22.4 Å². The molecule has 5 aromatic rings. The van der Waals surface area contributed by atoms with Crippen LogP contribution in [0.15, 0.2) is 82.7 Å². The molecule has 164 valence electrons. The number of para-hydroxylation sites is 3. The van der Waals surface area contributed by atoms with Crippen LogP contribution < -0.4 is 10.9 Å². The number of nitrogens with one attached hydrogen (secondary N) is 1. The minimum Gasteiger partial charge on any atom is -0.325 e. The number of anilines is 1. The van der Waals surface area contributed by atoms with E-state index in [1.165, 1.54) is 11.8 Å². The number of aromatic nitrogens is 4. The fraction of sp³-hybridized carbons (Fsp3) is 0.120. The van der Waals surface area contributed by atoms with E-state index >= 15 is 0 Å². The third-order valence-electron chi connectivity index (χ3n) is 5.50. The standard InChI is InChI=1S/C25H21N5O2S/c1-16-9-3-6-12-19(16)26-22(31)15-33-25-28-27-24-29(20-13-7-4-10-17(20)2)23(32)18-11-5-8-14-21(18)30(24)25/h3-14H,15H2,1-2H3,(H,26,31). The Morgan fingerprint density at radius 3 is 2.39 bits per heavy atom. The predicted molar refractivity (Wildman–Crippen MR) is 131 cm³/mol. The largest absolute Gasteiger partial charge is 0.325 e. The summed E-state index contributed by atoms with van der Waals surface area (Å²) in [4.78, 5) is 26.0. The highest BCUT2D eigenvalue weighted by molar-refractivity contribution is 7.99. The zero-order valence-electron chi connectivity index (χ0n) is 18.1. The molecule has 0 unspecified atom stereocenters. The van der Waals surface area contributed by atoms with Crippen molar-refractivity contribution >= 4 is 40.0 Å². The molecule has 8 heteroatoms. The van der Waals surface area contributed by atoms with E-state index in [9.17, 15) is 9.59 Å². The van der Waals surface area contributed by atoms with Crippen molar-refractivity contribution in [3.8, 4) is 5.69 Å². The van der Waals surface area contributed by atoms with Gasteiger partial charge in [-0.1, -0.05) is 60.3 Å². The second kappa shape index (κ2) is 8.55. The number of aryl methyl sites for hydroxylation is 2. The van der Waals surface area contributed by atoms with E-state index in [4.69, 9.17) is 0 Å². The van der Waals surface area contributed by atoms with Crippen molar-refractivity contribution in [1.29, 1.82) is 0 Å². The summed E-state index contributed by atoms with van der Waals surface area (Å²) in [6.45, 7) is 3.90. The molecule has 3 aromatic carbocycles. The lowest BCUT2D eigenvalue weighted by atomic mass is 10.2. The number of carbonyl (C=O) groups excluding carboxylic acids is 1. The molecular weight excluding hydrogens is 434 g/mol. The topological polar surface area (TPSA) is 81.3 Å². The molecule has 0 spiro atoms. The Bertz CT molecular complexity index is 1570. The number of nitrogens with zero attached hydrogens (tertiary/aromatic N) is 4. The van der Waals surface area contributed by atoms with Crippen molar-refractivity contribution in [2.24, 2.45) is 0 Å². The van der Waals surface area contributed by atoms with Crippen LogP contribution in [0.5, 0.6) is 0 Å². The summed E-state index contributed by atoms with van der Waals surface area (Å²) < 4.78 is 3.43. The molecule has 0 saturated heterocycles. The minimum atomic E-state index is -0.159. The lowest BCUT2D eigenvalue weighted by molar-refractivity contribution is -0.113. The van der Waals surface area contributed by atoms with E-state index in [2.05, 4.69) is 15.5 Å². The Morgan fingerprint density at radius 1 is 0.909 bits per heavy atom. The number of amides is 1. The highest BCUT2D eigenvalue weighted by Crippen LogP contribution is 2.24. The molecule has 0 aliphatic rings. The number of thioether (sulfide) groups is 1. The van der Waals surface area contributed by atoms with Crippen molar-refractivity contribution < 1.29 is 4.79 Å². The molecule has 0 radical (unpaired) electrons. The first kappa shape index (κ1) is 21.0. The molecule has 2 aromatic heterocycles. The molecule has 33 heavy (non-hydrogen) atoms. The second-order valence-corrected chi connectivity index (χ2v) is 8.66. The predicted octanol–water partition coefficient (Wildman–Crippen LogP) is 4.38. The van der Waals surface area contributed by atoms with Gasteiger partial charge >= 0.3 is 0 Å². The van der Waals surface area contributed by atoms with Crippen molar-refractivity contribution in [2.75, 3.05) is 11.1 Å². The van der Waals surface area contributed by atoms with Crippen LogP contribution in [-0.2, 0) is 4.79 Å². The SMILES string of the molecule is Cc1ccccc1NC(=O)CSc1nnc2n(-c3ccccc3C)c(=O)c3ccccc3n12. The Morgan fingerprint density at radius 2 is 1.61 bits per heavy atom. The van der Waals surface area contributed by atoms with Crippen molar-refractivity contribution in [3.05, 3.63) is 94.3 Å². The Labute approximate surface area is 194 Å². The molecule has 0 bridgehead atoms. The zero-order valence-corrected chi connectivity index (χ0v) is 19.0. The van der Waals surface area contributed by atoms with E-state index in [-0.39, 0.29) is 17.2 Å². The zero-order chi connectivity index (χ0) is 22.9. The first-order chi connectivity index (χ1) is 16.0. The summed E-state index contributed by atoms with van der Waals surface area (Å²) in [5, 5.41) is 12.7. The van der Waals surface area contributed by atoms with Crippen LogP contribution in [0.1, 0.15) is 11.1 Å². The average Bonchev–Trinajstić information content (AvgIpc) is 3.24. The van der Waals surface area contributed by atoms with Gasteiger partial charge in [0, 0.05) is 5.69 Å². The summed E-state index contributed by atoms with van der Waals surface area (Å²) >= 11 is 1.28. The molecule has 1 amide bonds. The first-order valence-electron chi connectivity index (χ1n) is 10.5. The van der Waals surface area contributed by atoms with Gasteiger partial charge < -0.3 is 5.32 Å². The second-order valence-electron chi connectivity index (χ2n) is 7.71. The van der Waals surface area contributed by atoms with Crippen LogP contribution in [0.2, 0.25) is 0 Å². The highest BCUT2D eigenvalue weighted by Gasteiger charge is 2.19. The molecule has 0 atom stereocenters. The van der Waals surface area contributed by atoms with Gasteiger partial charge in [0.15, 0.2) is 5.16 Å². The van der Waals surface area contributed by atoms with Gasteiger partial charge in [-0.05, 0) is 49.2 Å². The lowest BCUT2D eigenvalue weighted by Gasteiger charge is -2.13. The van der Waals surface area contributed by atoms with E-state index in [1.807, 2.05) is 85.0 Å². The summed E-state index contributed by atoms with van der Waals surface area (Å²) in [6.07, 6.45) is 0. The smallest absolute Gasteiger partial charge is 0.267 e. The van der Waals surface area contributed by atoms with Crippen LogP contribution in [-0.4, -0.2) is 30.8 Å². The summed E-state index contributed by atoms with van der Waals surface area (Å²) in [6, 6.07) is 22.7. The monoisotopic (exact) mass is 455 g/mol. The van der Waals surface area contributed by atoms with Crippen LogP contribution in [0.3, 0.4) is 0 Å². The quantitative estimate of drug-likeness (QED) is 0.398. The normalized spacial score (nSPS) is 11.2. The number of hydrogen-bond donors (Lipinski definition) is 1. The van der Waals surface area contributed by atoms with E-state index in [0.717, 1.165) is 22.5 Å². The van der Waals surface area contributed by atoms with Gasteiger partial charge in [0.2, 0.25) is 11.7 Å². The molecule has 0 fully saturated rings. The highest BCUT2D eigenvalue weighted by atomic mass is 32.2. The number of rotatable bonds is 5. The van der Waals surface area contributed by atoms with Gasteiger partial charge in [0.25, 0.3) is 5.56 Å². The number of carbonyl (C=O) groups is 1. The lowest BCUT2D eigenvalue weighted by Crippen LogP contribution is -2.22. The fourth-order valence-electron chi connectivity index (χ4n) is 3.83. The molecule has 0 saturated carbocycles. The molecular formula is C25H21N5O2S. The molecule has 7 nitrogen and oxygen atoms in total. The Hall–Kier alpha value is -3.91. The Balaban J connectivity index is 1.58. The maximum absolute atomic E-state index is 13.4.